The van der Waals surface area contributed by atoms with E-state index < -0.39 is 23.9 Å². The summed E-state index contributed by atoms with van der Waals surface area (Å²) in [4.78, 5) is 29.1. The summed E-state index contributed by atoms with van der Waals surface area (Å²) < 4.78 is 0. The lowest BCUT2D eigenvalue weighted by atomic mass is 10.2. The van der Waals surface area contributed by atoms with Gasteiger partial charge in [0.05, 0.1) is 19.8 Å². The number of hydrogen-bond acceptors (Lipinski definition) is 7. The molecule has 114 valence electrons. The predicted molar refractivity (Wildman–Crippen MR) is 63.3 cm³/mol. The van der Waals surface area contributed by atoms with Crippen LogP contribution in [0.3, 0.4) is 0 Å². The van der Waals surface area contributed by atoms with E-state index in [-0.39, 0.29) is 32.6 Å². The van der Waals surface area contributed by atoms with Crippen LogP contribution in [-0.2, 0) is 14.4 Å². The minimum absolute atomic E-state index is 0.0231. The number of aliphatic hydroxyl groups is 2. The molecule has 10 heteroatoms. The lowest BCUT2D eigenvalue weighted by molar-refractivity contribution is -0.140. The van der Waals surface area contributed by atoms with Crippen LogP contribution in [-0.4, -0.2) is 69.2 Å². The third-order valence-corrected chi connectivity index (χ3v) is 1.26. The number of carboxylic acid groups (broad SMARTS) is 3. The van der Waals surface area contributed by atoms with E-state index in [2.05, 4.69) is 5.73 Å². The lowest BCUT2D eigenvalue weighted by Gasteiger charge is -2.01. The Balaban J connectivity index is -0.000000238. The first-order chi connectivity index (χ1) is 8.72. The summed E-state index contributed by atoms with van der Waals surface area (Å²) in [7, 11) is 0. The Labute approximate surface area is 109 Å². The molecular formula is C9H20N2O8. The number of hydrogen-bond donors (Lipinski definition) is 7. The fraction of sp³-hybridized carbons (Fsp3) is 0.667. The van der Waals surface area contributed by atoms with Gasteiger partial charge in [-0.3, -0.25) is 14.4 Å². The summed E-state index contributed by atoms with van der Waals surface area (Å²) in [6.07, 6.45) is -0.224. The van der Waals surface area contributed by atoms with Gasteiger partial charge in [0, 0.05) is 6.42 Å². The molecule has 0 aromatic heterocycles. The predicted octanol–water partition coefficient (Wildman–Crippen LogP) is -2.74. The van der Waals surface area contributed by atoms with E-state index in [1.807, 2.05) is 0 Å². The molecule has 1 unspecified atom stereocenters. The molecule has 0 fully saturated rings. The summed E-state index contributed by atoms with van der Waals surface area (Å²) in [5.41, 5.74) is 9.57. The van der Waals surface area contributed by atoms with Crippen LogP contribution < -0.4 is 11.5 Å². The first-order valence-corrected chi connectivity index (χ1v) is 5.06. The SMILES string of the molecule is NC(CCC(=O)O)C(=O)O.NCC(=O)O.OCCO. The van der Waals surface area contributed by atoms with Crippen LogP contribution in [0.2, 0.25) is 0 Å². The van der Waals surface area contributed by atoms with Crippen molar-refractivity contribution in [2.45, 2.75) is 18.9 Å². The average molecular weight is 284 g/mol. The van der Waals surface area contributed by atoms with Gasteiger partial charge in [-0.1, -0.05) is 0 Å². The molecule has 0 aliphatic carbocycles. The topological polar surface area (TPSA) is 204 Å². The molecular weight excluding hydrogens is 264 g/mol. The van der Waals surface area contributed by atoms with Crippen molar-refractivity contribution in [2.24, 2.45) is 11.5 Å². The van der Waals surface area contributed by atoms with Gasteiger partial charge in [0.1, 0.15) is 6.04 Å². The zero-order valence-electron chi connectivity index (χ0n) is 10.2. The quantitative estimate of drug-likeness (QED) is 0.268. The van der Waals surface area contributed by atoms with Crippen LogP contribution in [0, 0.1) is 0 Å². The lowest BCUT2D eigenvalue weighted by Crippen LogP contribution is -2.30. The maximum Gasteiger partial charge on any atom is 0.320 e. The van der Waals surface area contributed by atoms with Gasteiger partial charge in [0.15, 0.2) is 0 Å². The molecule has 0 aliphatic rings. The summed E-state index contributed by atoms with van der Waals surface area (Å²) in [5, 5.41) is 39.1. The van der Waals surface area contributed by atoms with Crippen LogP contribution in [0.5, 0.6) is 0 Å². The molecule has 0 saturated heterocycles. The van der Waals surface area contributed by atoms with E-state index >= 15 is 0 Å². The Morgan fingerprint density at radius 3 is 1.47 bits per heavy atom. The second-order valence-corrected chi connectivity index (χ2v) is 2.92. The second kappa shape index (κ2) is 16.2. The fourth-order valence-corrected chi connectivity index (χ4v) is 0.402. The molecule has 0 aromatic rings. The van der Waals surface area contributed by atoms with E-state index in [9.17, 15) is 14.4 Å². The Hall–Kier alpha value is -1.75. The second-order valence-electron chi connectivity index (χ2n) is 2.92. The minimum Gasteiger partial charge on any atom is -0.481 e. The van der Waals surface area contributed by atoms with Gasteiger partial charge in [-0.25, -0.2) is 0 Å². The summed E-state index contributed by atoms with van der Waals surface area (Å²) in [6, 6.07) is -1.06. The Morgan fingerprint density at radius 2 is 1.32 bits per heavy atom. The number of carboxylic acids is 3. The molecule has 9 N–H and O–H groups in total. The van der Waals surface area contributed by atoms with Gasteiger partial charge >= 0.3 is 17.9 Å². The van der Waals surface area contributed by atoms with Crippen molar-refractivity contribution < 1.29 is 39.9 Å². The highest BCUT2D eigenvalue weighted by atomic mass is 16.4. The highest BCUT2D eigenvalue weighted by Gasteiger charge is 2.12. The maximum atomic E-state index is 9.99. The van der Waals surface area contributed by atoms with Gasteiger partial charge in [-0.05, 0) is 6.42 Å². The van der Waals surface area contributed by atoms with E-state index in [4.69, 9.17) is 31.3 Å². The Kier molecular flexibility index (Phi) is 19.2. The molecule has 19 heavy (non-hydrogen) atoms. The third-order valence-electron chi connectivity index (χ3n) is 1.26. The number of rotatable bonds is 6. The molecule has 1 atom stereocenters. The van der Waals surface area contributed by atoms with Crippen molar-refractivity contribution in [3.8, 4) is 0 Å². The van der Waals surface area contributed by atoms with Gasteiger partial charge in [-0.15, -0.1) is 0 Å². The summed E-state index contributed by atoms with van der Waals surface area (Å²) in [5.74, 6) is -3.16. The fourth-order valence-electron chi connectivity index (χ4n) is 0.402. The first kappa shape index (κ1) is 22.4. The molecule has 10 nitrogen and oxygen atoms in total. The monoisotopic (exact) mass is 284 g/mol. The number of carbonyl (C=O) groups is 3. The first-order valence-electron chi connectivity index (χ1n) is 5.06. The van der Waals surface area contributed by atoms with E-state index in [0.717, 1.165) is 0 Å². The zero-order chi connectivity index (χ0) is 15.8. The van der Waals surface area contributed by atoms with Gasteiger partial charge in [0.25, 0.3) is 0 Å². The average Bonchev–Trinajstić information content (AvgIpc) is 2.36. The van der Waals surface area contributed by atoms with Crippen LogP contribution >= 0.6 is 0 Å². The van der Waals surface area contributed by atoms with E-state index in [1.54, 1.807) is 0 Å². The standard InChI is InChI=1S/C5H9NO4.C2H5NO2.C2H6O2/c6-3(5(9)10)1-2-4(7)8;3-1-2(4)5;3-1-2-4/h3H,1-2,6H2,(H,7,8)(H,9,10);1,3H2,(H,4,5);3-4H,1-2H2. The Bertz CT molecular complexity index is 257. The molecule has 0 spiro atoms. The maximum absolute atomic E-state index is 9.99. The molecule has 0 amide bonds. The molecule has 0 bridgehead atoms. The Morgan fingerprint density at radius 1 is 0.947 bits per heavy atom. The largest absolute Gasteiger partial charge is 0.481 e. The minimum atomic E-state index is -1.17. The van der Waals surface area contributed by atoms with Crippen molar-refractivity contribution in [2.75, 3.05) is 19.8 Å². The highest BCUT2D eigenvalue weighted by molar-refractivity contribution is 5.74. The third kappa shape index (κ3) is 31.4. The van der Waals surface area contributed by atoms with Crippen molar-refractivity contribution in [1.82, 2.24) is 0 Å². The van der Waals surface area contributed by atoms with Crippen LogP contribution in [0.25, 0.3) is 0 Å². The van der Waals surface area contributed by atoms with Crippen LogP contribution in [0.4, 0.5) is 0 Å². The number of nitrogens with two attached hydrogens (primary N) is 2. The highest BCUT2D eigenvalue weighted by Crippen LogP contribution is 1.93. The van der Waals surface area contributed by atoms with Crippen LogP contribution in [0.1, 0.15) is 12.8 Å². The van der Waals surface area contributed by atoms with Gasteiger partial charge < -0.3 is 37.0 Å². The van der Waals surface area contributed by atoms with Crippen molar-refractivity contribution >= 4 is 17.9 Å². The molecule has 0 aromatic carbocycles. The van der Waals surface area contributed by atoms with Gasteiger partial charge in [-0.2, -0.15) is 0 Å². The number of aliphatic carboxylic acids is 3. The van der Waals surface area contributed by atoms with Crippen molar-refractivity contribution in [3.63, 3.8) is 0 Å². The molecule has 0 saturated carbocycles. The molecule has 0 aliphatic heterocycles. The summed E-state index contributed by atoms with van der Waals surface area (Å²) in [6.45, 7) is -0.528. The van der Waals surface area contributed by atoms with Gasteiger partial charge in [0.2, 0.25) is 0 Å². The van der Waals surface area contributed by atoms with Crippen molar-refractivity contribution in [1.29, 1.82) is 0 Å². The normalized spacial score (nSPS) is 10.1. The van der Waals surface area contributed by atoms with E-state index in [0.29, 0.717) is 0 Å². The molecule has 0 radical (unpaired) electrons. The molecule has 0 rings (SSSR count). The van der Waals surface area contributed by atoms with E-state index in [1.165, 1.54) is 0 Å². The summed E-state index contributed by atoms with van der Waals surface area (Å²) >= 11 is 0. The zero-order valence-corrected chi connectivity index (χ0v) is 10.2. The van der Waals surface area contributed by atoms with Crippen LogP contribution in [0.15, 0.2) is 0 Å². The van der Waals surface area contributed by atoms with Crippen molar-refractivity contribution in [3.05, 3.63) is 0 Å². The molecule has 0 heterocycles. The smallest absolute Gasteiger partial charge is 0.320 e. The number of aliphatic hydroxyl groups excluding tert-OH is 2.